The molecule has 2 unspecified atom stereocenters. The van der Waals surface area contributed by atoms with Crippen LogP contribution in [-0.4, -0.2) is 57.3 Å². The minimum atomic E-state index is -3.40. The summed E-state index contributed by atoms with van der Waals surface area (Å²) in [6.07, 6.45) is 1.08. The molecule has 2 atom stereocenters. The Morgan fingerprint density at radius 2 is 1.89 bits per heavy atom. The van der Waals surface area contributed by atoms with Crippen LogP contribution in [0.1, 0.15) is 20.3 Å². The Hall–Kier alpha value is -0.210. The Labute approximate surface area is 109 Å². The van der Waals surface area contributed by atoms with E-state index in [0.29, 0.717) is 24.9 Å². The maximum atomic E-state index is 12.0. The van der Waals surface area contributed by atoms with Crippen LogP contribution in [0.2, 0.25) is 0 Å². The molecule has 1 aliphatic heterocycles. The van der Waals surface area contributed by atoms with Gasteiger partial charge in [-0.15, -0.1) is 0 Å². The molecule has 2 N–H and O–H groups in total. The highest BCUT2D eigenvalue weighted by Crippen LogP contribution is 2.22. The van der Waals surface area contributed by atoms with Gasteiger partial charge in [0, 0.05) is 19.6 Å². The third-order valence-electron chi connectivity index (χ3n) is 2.94. The van der Waals surface area contributed by atoms with Gasteiger partial charge in [-0.25, -0.2) is 0 Å². The Morgan fingerprint density at radius 3 is 2.44 bits per heavy atom. The molecule has 108 valence electrons. The summed E-state index contributed by atoms with van der Waals surface area (Å²) in [6.45, 7) is 6.01. The zero-order valence-corrected chi connectivity index (χ0v) is 11.9. The van der Waals surface area contributed by atoms with Crippen LogP contribution in [0, 0.1) is 11.8 Å². The van der Waals surface area contributed by atoms with Gasteiger partial charge in [-0.05, 0) is 18.3 Å². The monoisotopic (exact) mass is 280 g/mol. The number of aliphatic hydroxyl groups is 1. The lowest BCUT2D eigenvalue weighted by Gasteiger charge is -2.33. The van der Waals surface area contributed by atoms with Crippen molar-refractivity contribution in [3.63, 3.8) is 0 Å². The molecule has 0 radical (unpaired) electrons. The van der Waals surface area contributed by atoms with E-state index in [1.54, 1.807) is 0 Å². The van der Waals surface area contributed by atoms with Crippen molar-refractivity contribution in [3.05, 3.63) is 0 Å². The number of rotatable bonds is 7. The summed E-state index contributed by atoms with van der Waals surface area (Å²) in [4.78, 5) is 0. The summed E-state index contributed by atoms with van der Waals surface area (Å²) in [5.74, 6) is 0.798. The molecule has 18 heavy (non-hydrogen) atoms. The predicted molar refractivity (Wildman–Crippen MR) is 69.3 cm³/mol. The molecule has 0 aromatic rings. The van der Waals surface area contributed by atoms with Gasteiger partial charge in [0.25, 0.3) is 10.2 Å². The van der Waals surface area contributed by atoms with Crippen LogP contribution in [0.3, 0.4) is 0 Å². The number of hydrogen-bond donors (Lipinski definition) is 2. The zero-order chi connectivity index (χ0) is 13.6. The first-order chi connectivity index (χ1) is 8.45. The van der Waals surface area contributed by atoms with E-state index in [2.05, 4.69) is 18.6 Å². The molecule has 0 amide bonds. The van der Waals surface area contributed by atoms with Gasteiger partial charge < -0.3 is 9.84 Å². The maximum Gasteiger partial charge on any atom is 0.279 e. The summed E-state index contributed by atoms with van der Waals surface area (Å²) >= 11 is 0. The number of nitrogens with one attached hydrogen (secondary N) is 1. The molecule has 0 bridgehead atoms. The van der Waals surface area contributed by atoms with Crippen LogP contribution in [0.15, 0.2) is 0 Å². The minimum absolute atomic E-state index is 0.0477. The van der Waals surface area contributed by atoms with Crippen molar-refractivity contribution in [1.29, 1.82) is 0 Å². The number of nitrogens with zero attached hydrogens (tertiary/aromatic N) is 1. The smallest absolute Gasteiger partial charge is 0.279 e. The summed E-state index contributed by atoms with van der Waals surface area (Å²) in [7, 11) is -3.40. The fraction of sp³-hybridized carbons (Fsp3) is 1.00. The van der Waals surface area contributed by atoms with E-state index < -0.39 is 10.2 Å². The largest absolute Gasteiger partial charge is 0.394 e. The summed E-state index contributed by atoms with van der Waals surface area (Å²) in [6, 6.07) is 0. The summed E-state index contributed by atoms with van der Waals surface area (Å²) in [5, 5.41) is 8.52. The van der Waals surface area contributed by atoms with Crippen molar-refractivity contribution in [2.75, 3.05) is 39.5 Å². The van der Waals surface area contributed by atoms with Gasteiger partial charge in [-0.1, -0.05) is 13.8 Å². The number of ether oxygens (including phenoxy) is 1. The second kappa shape index (κ2) is 7.40. The molecule has 1 fully saturated rings. The first-order valence-electron chi connectivity index (χ1n) is 6.39. The lowest BCUT2D eigenvalue weighted by Crippen LogP contribution is -2.48. The molecule has 1 heterocycles. The van der Waals surface area contributed by atoms with Crippen molar-refractivity contribution in [3.8, 4) is 0 Å². The first kappa shape index (κ1) is 15.8. The highest BCUT2D eigenvalue weighted by molar-refractivity contribution is 7.87. The second-order valence-electron chi connectivity index (χ2n) is 5.00. The molecular formula is C11H24N2O4S. The third-order valence-corrected chi connectivity index (χ3v) is 4.49. The van der Waals surface area contributed by atoms with Crippen LogP contribution >= 0.6 is 0 Å². The zero-order valence-electron chi connectivity index (χ0n) is 11.1. The van der Waals surface area contributed by atoms with Crippen molar-refractivity contribution >= 4 is 10.2 Å². The lowest BCUT2D eigenvalue weighted by molar-refractivity contribution is 0.0958. The van der Waals surface area contributed by atoms with Gasteiger partial charge in [-0.2, -0.15) is 17.4 Å². The molecule has 1 aliphatic rings. The maximum absolute atomic E-state index is 12.0. The van der Waals surface area contributed by atoms with E-state index in [4.69, 9.17) is 9.84 Å². The first-order valence-corrected chi connectivity index (χ1v) is 7.83. The quantitative estimate of drug-likeness (QED) is 0.634. The predicted octanol–water partition coefficient (Wildman–Crippen LogP) is -0.192. The third kappa shape index (κ3) is 5.19. The molecular weight excluding hydrogens is 256 g/mol. The lowest BCUT2D eigenvalue weighted by atomic mass is 9.94. The molecule has 0 aromatic heterocycles. The van der Waals surface area contributed by atoms with Crippen LogP contribution in [-0.2, 0) is 14.9 Å². The Balaban J connectivity index is 2.38. The van der Waals surface area contributed by atoms with E-state index >= 15 is 0 Å². The normalized spacial score (nSPS) is 26.4. The van der Waals surface area contributed by atoms with E-state index in [-0.39, 0.29) is 26.4 Å². The minimum Gasteiger partial charge on any atom is -0.394 e. The number of hydrogen-bond acceptors (Lipinski definition) is 4. The molecule has 7 heteroatoms. The molecule has 0 aliphatic carbocycles. The molecule has 1 saturated heterocycles. The molecule has 6 nitrogen and oxygen atoms in total. The highest BCUT2D eigenvalue weighted by atomic mass is 32.2. The van der Waals surface area contributed by atoms with Crippen LogP contribution < -0.4 is 4.72 Å². The van der Waals surface area contributed by atoms with Crippen molar-refractivity contribution in [1.82, 2.24) is 9.03 Å². The average Bonchev–Trinajstić information content (AvgIpc) is 2.27. The highest BCUT2D eigenvalue weighted by Gasteiger charge is 2.29. The van der Waals surface area contributed by atoms with Crippen LogP contribution in [0.4, 0.5) is 0 Å². The topological polar surface area (TPSA) is 78.9 Å². The van der Waals surface area contributed by atoms with Gasteiger partial charge in [0.2, 0.25) is 0 Å². The second-order valence-corrected chi connectivity index (χ2v) is 6.75. The van der Waals surface area contributed by atoms with Crippen molar-refractivity contribution in [2.45, 2.75) is 20.3 Å². The van der Waals surface area contributed by atoms with Crippen molar-refractivity contribution < 1.29 is 18.3 Å². The fourth-order valence-corrected chi connectivity index (χ4v) is 3.73. The number of piperidine rings is 1. The fourth-order valence-electron chi connectivity index (χ4n) is 2.30. The van der Waals surface area contributed by atoms with Gasteiger partial charge >= 0.3 is 0 Å². The summed E-state index contributed by atoms with van der Waals surface area (Å²) in [5.41, 5.74) is 0. The van der Waals surface area contributed by atoms with E-state index in [1.165, 1.54) is 4.31 Å². The Kier molecular flexibility index (Phi) is 6.51. The van der Waals surface area contributed by atoms with E-state index in [9.17, 15) is 8.42 Å². The molecule has 0 aromatic carbocycles. The Morgan fingerprint density at radius 1 is 1.28 bits per heavy atom. The molecule has 1 rings (SSSR count). The van der Waals surface area contributed by atoms with Gasteiger partial charge in [-0.3, -0.25) is 0 Å². The number of aliphatic hydroxyl groups excluding tert-OH is 1. The molecule has 0 spiro atoms. The Bertz CT molecular complexity index is 324. The summed E-state index contributed by atoms with van der Waals surface area (Å²) < 4.78 is 33.1. The van der Waals surface area contributed by atoms with Gasteiger partial charge in [0.05, 0.1) is 19.8 Å². The van der Waals surface area contributed by atoms with E-state index in [1.807, 2.05) is 0 Å². The van der Waals surface area contributed by atoms with Gasteiger partial charge in [0.15, 0.2) is 0 Å². The van der Waals surface area contributed by atoms with Gasteiger partial charge in [0.1, 0.15) is 0 Å². The van der Waals surface area contributed by atoms with Crippen LogP contribution in [0.25, 0.3) is 0 Å². The standard InChI is InChI=1S/C11H24N2O4S/c1-10-7-11(2)9-13(8-10)18(15,16)12-3-5-17-6-4-14/h10-12,14H,3-9H2,1-2H3. The average molecular weight is 280 g/mol. The van der Waals surface area contributed by atoms with Crippen LogP contribution in [0.5, 0.6) is 0 Å². The van der Waals surface area contributed by atoms with Crippen molar-refractivity contribution in [2.24, 2.45) is 11.8 Å². The molecule has 0 saturated carbocycles. The van der Waals surface area contributed by atoms with E-state index in [0.717, 1.165) is 6.42 Å². The SMILES string of the molecule is CC1CC(C)CN(S(=O)(=O)NCCOCCO)C1.